The fraction of sp³-hybridized carbons (Fsp3) is 0.438. The molecule has 0 unspecified atom stereocenters. The van der Waals surface area contributed by atoms with Gasteiger partial charge in [-0.25, -0.2) is 4.79 Å². The number of benzene rings is 1. The summed E-state index contributed by atoms with van der Waals surface area (Å²) in [6.07, 6.45) is -5.36. The number of H-pyrrole nitrogens is 1. The minimum absolute atomic E-state index is 0.221. The molecule has 1 fully saturated rings. The van der Waals surface area contributed by atoms with Crippen molar-refractivity contribution in [3.05, 3.63) is 35.4 Å². The summed E-state index contributed by atoms with van der Waals surface area (Å²) in [5.74, 6) is 0. The lowest BCUT2D eigenvalue weighted by Gasteiger charge is -2.09. The number of aryl methyl sites for hydroxylation is 1. The second-order valence-electron chi connectivity index (χ2n) is 4.35. The topological polar surface area (TPSA) is 57.4 Å². The average molecular weight is 300 g/mol. The highest BCUT2D eigenvalue weighted by Crippen LogP contribution is 2.21. The van der Waals surface area contributed by atoms with Crippen LogP contribution in [0.15, 0.2) is 24.3 Å². The summed E-state index contributed by atoms with van der Waals surface area (Å²) in [6, 6.07) is -4.14. The molecular formula is C16H21N3O2. The molecule has 2 N–H and O–H groups in total. The molecule has 1 amide bonds. The summed E-state index contributed by atoms with van der Waals surface area (Å²) in [7, 11) is 1.01. The molecule has 3 rings (SSSR count). The van der Waals surface area contributed by atoms with Gasteiger partial charge in [-0.2, -0.15) is 0 Å². The fourth-order valence-corrected chi connectivity index (χ4v) is 1.83. The zero-order chi connectivity index (χ0) is 26.2. The average Bonchev–Trinajstić information content (AvgIpc) is 3.13. The number of alkyl carbamates (subject to hydrolysis) is 1. The number of fused-ring (bicyclic) bond motifs is 1. The van der Waals surface area contributed by atoms with Crippen molar-refractivity contribution < 1.29 is 27.4 Å². The summed E-state index contributed by atoms with van der Waals surface area (Å²) < 4.78 is 109. The SMILES string of the molecule is [2H]c1[nH]c2c([2H])c([2H])c(C([2H])([2H])[C@@H]3NC(=O)OC3([2H])[2H])c([2H])c2c1CC([2H])([2H])N(C)C([2H])([2H])[2H]. The zero-order valence-corrected chi connectivity index (χ0v) is 11.0. The number of rotatable bonds is 5. The Balaban J connectivity index is 2.25. The molecule has 0 radical (unpaired) electrons. The summed E-state index contributed by atoms with van der Waals surface area (Å²) in [5.41, 5.74) is -1.22. The van der Waals surface area contributed by atoms with E-state index < -0.39 is 74.8 Å². The van der Waals surface area contributed by atoms with Crippen LogP contribution in [0, 0.1) is 0 Å². The van der Waals surface area contributed by atoms with Crippen LogP contribution in [0.4, 0.5) is 4.79 Å². The minimum Gasteiger partial charge on any atom is -0.447 e. The number of carbonyl (C=O) groups excluding carboxylic acids is 1. The van der Waals surface area contributed by atoms with Crippen molar-refractivity contribution in [3.63, 3.8) is 0 Å². The van der Waals surface area contributed by atoms with E-state index in [0.29, 0.717) is 4.90 Å². The number of hydrogen-bond donors (Lipinski definition) is 2. The Morgan fingerprint density at radius 3 is 3.33 bits per heavy atom. The van der Waals surface area contributed by atoms with Gasteiger partial charge in [0.25, 0.3) is 0 Å². The number of nitrogens with zero attached hydrogens (tertiary/aromatic N) is 1. The van der Waals surface area contributed by atoms with Crippen molar-refractivity contribution in [2.24, 2.45) is 0 Å². The zero-order valence-electron chi connectivity index (χ0n) is 24.0. The van der Waals surface area contributed by atoms with Crippen LogP contribution in [0.3, 0.4) is 0 Å². The second kappa shape index (κ2) is 5.77. The lowest BCUT2D eigenvalue weighted by molar-refractivity contribution is 0.177. The Labute approximate surface area is 142 Å². The summed E-state index contributed by atoms with van der Waals surface area (Å²) in [4.78, 5) is 14.5. The van der Waals surface area contributed by atoms with Crippen LogP contribution >= 0.6 is 0 Å². The van der Waals surface area contributed by atoms with Gasteiger partial charge in [0.1, 0.15) is 6.56 Å². The highest BCUT2D eigenvalue weighted by Gasteiger charge is 2.22. The van der Waals surface area contributed by atoms with Crippen molar-refractivity contribution in [1.82, 2.24) is 15.2 Å². The number of aromatic amines is 1. The number of likely N-dealkylation sites (N-methyl/N-ethyl adjacent to an activating group) is 1. The van der Waals surface area contributed by atoms with Gasteiger partial charge in [-0.05, 0) is 50.0 Å². The normalized spacial score (nSPS) is 31.6. The molecule has 1 aromatic carbocycles. The number of aromatic nitrogens is 1. The van der Waals surface area contributed by atoms with Crippen LogP contribution in [-0.4, -0.2) is 49.1 Å². The number of ether oxygens (including phenoxy) is 1. The third-order valence-electron chi connectivity index (χ3n) is 2.77. The molecule has 1 atom stereocenters. The maximum Gasteiger partial charge on any atom is 0.407 e. The van der Waals surface area contributed by atoms with Crippen molar-refractivity contribution >= 4 is 17.0 Å². The predicted molar refractivity (Wildman–Crippen MR) is 82.5 cm³/mol. The van der Waals surface area contributed by atoms with Gasteiger partial charge >= 0.3 is 6.09 Å². The summed E-state index contributed by atoms with van der Waals surface area (Å²) in [5, 5.41) is 1.70. The molecule has 0 bridgehead atoms. The third kappa shape index (κ3) is 3.19. The van der Waals surface area contributed by atoms with E-state index in [4.69, 9.17) is 17.8 Å². The molecule has 2 heterocycles. The van der Waals surface area contributed by atoms with Crippen LogP contribution in [0.5, 0.6) is 0 Å². The van der Waals surface area contributed by atoms with Gasteiger partial charge in [-0.3, -0.25) is 0 Å². The van der Waals surface area contributed by atoms with E-state index >= 15 is 0 Å². The lowest BCUT2D eigenvalue weighted by atomic mass is 10.0. The van der Waals surface area contributed by atoms with Gasteiger partial charge in [0.05, 0.1) is 14.3 Å². The number of cyclic esters (lactones) is 1. The van der Waals surface area contributed by atoms with E-state index in [1.54, 1.807) is 0 Å². The highest BCUT2D eigenvalue weighted by atomic mass is 16.6. The molecule has 5 heteroatoms. The van der Waals surface area contributed by atoms with Crippen molar-refractivity contribution in [1.29, 1.82) is 0 Å². The number of hydrogen-bond acceptors (Lipinski definition) is 3. The Morgan fingerprint density at radius 1 is 1.67 bits per heavy atom. The van der Waals surface area contributed by atoms with E-state index in [2.05, 4.69) is 9.72 Å². The van der Waals surface area contributed by atoms with Gasteiger partial charge in [-0.15, -0.1) is 0 Å². The first-order chi connectivity index (χ1) is 15.2. The largest absolute Gasteiger partial charge is 0.447 e. The van der Waals surface area contributed by atoms with E-state index in [1.165, 1.54) is 0 Å². The van der Waals surface area contributed by atoms with Crippen LogP contribution in [0.2, 0.25) is 0 Å². The molecule has 2 aromatic rings. The monoisotopic (exact) mass is 300 g/mol. The molecule has 1 saturated heterocycles. The fourth-order valence-electron chi connectivity index (χ4n) is 1.83. The third-order valence-corrected chi connectivity index (χ3v) is 2.77. The van der Waals surface area contributed by atoms with E-state index in [1.807, 2.05) is 5.32 Å². The predicted octanol–water partition coefficient (Wildman–Crippen LogP) is 1.92. The highest BCUT2D eigenvalue weighted by molar-refractivity contribution is 5.84. The Bertz CT molecular complexity index is 1160. The standard InChI is InChI=1S/C16H21N3O2/c1-19(2)6-5-12-9-17-15-4-3-11(8-14(12)15)7-13-10-21-16(20)18-13/h3-4,8-9,13,17H,5-7,10H2,1-2H3,(H,18,20)/t13-/m0/s1/i1D3,3D,4D,6D2,7D2,8D,9D,10D2. The molecule has 5 nitrogen and oxygen atoms in total. The molecule has 1 aliphatic rings. The molecule has 21 heavy (non-hydrogen) atoms. The molecule has 0 saturated carbocycles. The summed E-state index contributed by atoms with van der Waals surface area (Å²) in [6.45, 7) is -8.22. The van der Waals surface area contributed by atoms with Gasteiger partial charge in [0, 0.05) is 33.2 Å². The molecular weight excluding hydrogens is 266 g/mol. The van der Waals surface area contributed by atoms with Crippen LogP contribution in [-0.2, 0) is 17.5 Å². The lowest BCUT2D eigenvalue weighted by Crippen LogP contribution is -2.28. The van der Waals surface area contributed by atoms with Crippen molar-refractivity contribution in [3.8, 4) is 0 Å². The molecule has 0 aliphatic carbocycles. The first kappa shape index (κ1) is 5.32. The Kier molecular flexibility index (Phi) is 1.46. The van der Waals surface area contributed by atoms with E-state index in [-0.39, 0.29) is 16.5 Å². The van der Waals surface area contributed by atoms with Gasteiger partial charge in [0.2, 0.25) is 0 Å². The van der Waals surface area contributed by atoms with E-state index in [9.17, 15) is 4.79 Å². The van der Waals surface area contributed by atoms with Crippen LogP contribution in [0.1, 0.15) is 28.9 Å². The maximum atomic E-state index is 11.6. The number of carbonyl (C=O) groups is 1. The Morgan fingerprint density at radius 2 is 2.57 bits per heavy atom. The molecule has 1 aromatic heterocycles. The van der Waals surface area contributed by atoms with Gasteiger partial charge in [-0.1, -0.05) is 6.04 Å². The van der Waals surface area contributed by atoms with Crippen LogP contribution < -0.4 is 5.32 Å². The van der Waals surface area contributed by atoms with Crippen molar-refractivity contribution in [2.75, 3.05) is 27.1 Å². The maximum absolute atomic E-state index is 11.6. The van der Waals surface area contributed by atoms with E-state index in [0.717, 1.165) is 7.05 Å². The van der Waals surface area contributed by atoms with Gasteiger partial charge in [0.15, 0.2) is 0 Å². The molecule has 1 aliphatic heterocycles. The smallest absolute Gasteiger partial charge is 0.407 e. The quantitative estimate of drug-likeness (QED) is 0.887. The molecule has 0 spiro atoms. The second-order valence-corrected chi connectivity index (χ2v) is 4.35. The Hall–Kier alpha value is -2.01. The first-order valence-electron chi connectivity index (χ1n) is 12.6. The first-order valence-corrected chi connectivity index (χ1v) is 6.08. The van der Waals surface area contributed by atoms with Gasteiger partial charge < -0.3 is 19.9 Å². The van der Waals surface area contributed by atoms with Crippen molar-refractivity contribution in [2.45, 2.75) is 18.8 Å². The molecule has 112 valence electrons. The van der Waals surface area contributed by atoms with Crippen LogP contribution in [0.25, 0.3) is 10.9 Å². The minimum atomic E-state index is -2.93. The number of nitrogens with one attached hydrogen (secondary N) is 2. The summed E-state index contributed by atoms with van der Waals surface area (Å²) >= 11 is 0. The number of amides is 1.